The Balaban J connectivity index is 0.000000182. The molecule has 0 spiro atoms. The fourth-order valence-electron chi connectivity index (χ4n) is 5.50. The molecule has 0 atom stereocenters. The summed E-state index contributed by atoms with van der Waals surface area (Å²) in [5, 5.41) is 17.7. The molecule has 4 aromatic rings. The molecule has 4 heterocycles. The van der Waals surface area contributed by atoms with Crippen molar-refractivity contribution in [2.75, 3.05) is 10.6 Å². The molecule has 10 nitrogen and oxygen atoms in total. The summed E-state index contributed by atoms with van der Waals surface area (Å²) in [6.07, 6.45) is 1.53. The summed E-state index contributed by atoms with van der Waals surface area (Å²) in [6, 6.07) is 7.62. The molecule has 3 N–H and O–H groups in total. The zero-order valence-corrected chi connectivity index (χ0v) is 28.4. The van der Waals surface area contributed by atoms with Gasteiger partial charge in [-0.3, -0.25) is 5.10 Å². The largest absolute Gasteiger partial charge is 0.367 e. The van der Waals surface area contributed by atoms with Crippen LogP contribution in [0.15, 0.2) is 24.3 Å². The first-order valence-corrected chi connectivity index (χ1v) is 16.1. The van der Waals surface area contributed by atoms with Crippen LogP contribution < -0.4 is 10.6 Å². The molecule has 0 amide bonds. The van der Waals surface area contributed by atoms with Crippen molar-refractivity contribution in [2.45, 2.75) is 117 Å². The van der Waals surface area contributed by atoms with Crippen molar-refractivity contribution in [3.05, 3.63) is 63.7 Å². The molecule has 0 bridgehead atoms. The Morgan fingerprint density at radius 3 is 1.60 bits per heavy atom. The molecule has 0 aromatic carbocycles. The Kier molecular flexibility index (Phi) is 11.8. The smallest absolute Gasteiger partial charge is 0.252 e. The second kappa shape index (κ2) is 15.4. The number of hydrogen-bond acceptors (Lipinski definition) is 8. The van der Waals surface area contributed by atoms with E-state index in [2.05, 4.69) is 45.9 Å². The van der Waals surface area contributed by atoms with Crippen LogP contribution in [0.3, 0.4) is 0 Å². The Hall–Kier alpha value is -3.81. The molecule has 0 aliphatic heterocycles. The van der Waals surface area contributed by atoms with E-state index in [0.717, 1.165) is 34.2 Å². The normalized spacial score (nSPS) is 17.6. The molecule has 2 fully saturated rings. The highest BCUT2D eigenvalue weighted by Gasteiger charge is 2.36. The topological polar surface area (TPSA) is 122 Å². The van der Waals surface area contributed by atoms with Gasteiger partial charge in [-0.2, -0.15) is 15.2 Å². The van der Waals surface area contributed by atoms with Gasteiger partial charge < -0.3 is 10.6 Å². The lowest BCUT2D eigenvalue weighted by molar-refractivity contribution is -0.0366. The second-order valence-corrected chi connectivity index (χ2v) is 12.8. The van der Waals surface area contributed by atoms with E-state index in [1.165, 1.54) is 0 Å². The summed E-state index contributed by atoms with van der Waals surface area (Å²) in [5.41, 5.74) is 5.60. The molecule has 0 radical (unpaired) electrons. The van der Waals surface area contributed by atoms with Gasteiger partial charge in [0.1, 0.15) is 11.6 Å². The van der Waals surface area contributed by atoms with E-state index in [1.54, 1.807) is 10.7 Å². The van der Waals surface area contributed by atoms with E-state index < -0.39 is 11.8 Å². The summed E-state index contributed by atoms with van der Waals surface area (Å²) in [6.45, 7) is 11.5. The number of halogens is 5. The molecule has 0 unspecified atom stereocenters. The Morgan fingerprint density at radius 1 is 0.681 bits per heavy atom. The lowest BCUT2D eigenvalue weighted by Gasteiger charge is -2.29. The molecule has 47 heavy (non-hydrogen) atoms. The third-order valence-electron chi connectivity index (χ3n) is 7.84. The van der Waals surface area contributed by atoms with Gasteiger partial charge in [-0.1, -0.05) is 0 Å². The summed E-state index contributed by atoms with van der Waals surface area (Å²) in [4.78, 5) is 16.9. The van der Waals surface area contributed by atoms with E-state index >= 15 is 0 Å². The molecular weight excluding hydrogens is 636 g/mol. The fourth-order valence-corrected chi connectivity index (χ4v) is 5.73. The molecule has 2 aliphatic carbocycles. The Labute approximate surface area is 277 Å². The highest BCUT2D eigenvalue weighted by atomic mass is 35.5. The predicted molar refractivity (Wildman–Crippen MR) is 175 cm³/mol. The average molecular weight is 679 g/mol. The minimum atomic E-state index is -2.52. The van der Waals surface area contributed by atoms with Crippen molar-refractivity contribution in [1.82, 2.24) is 39.9 Å². The summed E-state index contributed by atoms with van der Waals surface area (Å²) in [5.74, 6) is -3.25. The minimum Gasteiger partial charge on any atom is -0.367 e. The van der Waals surface area contributed by atoms with Crippen molar-refractivity contribution in [3.8, 4) is 5.95 Å². The van der Waals surface area contributed by atoms with Gasteiger partial charge in [0, 0.05) is 72.7 Å². The highest BCUT2D eigenvalue weighted by Crippen LogP contribution is 2.35. The van der Waals surface area contributed by atoms with Gasteiger partial charge in [0.15, 0.2) is 0 Å². The number of aromatic amines is 1. The second-order valence-electron chi connectivity index (χ2n) is 12.4. The quantitative estimate of drug-likeness (QED) is 0.143. The molecular formula is C32H43ClF4N10. The maximum Gasteiger partial charge on any atom is 0.252 e. The van der Waals surface area contributed by atoms with Gasteiger partial charge >= 0.3 is 0 Å². The maximum atomic E-state index is 13.2. The van der Waals surface area contributed by atoms with Crippen molar-refractivity contribution in [3.63, 3.8) is 0 Å². The SMILES string of the molecule is Cc1cc(C)[nH]n1.Cc1cc(NC2CCC(F)(F)CC2)nc(-n2nc(C)cc2C)n1.Cc1cc(NC2CCC(F)(F)CC2)nc(Cl)n1. The zero-order valence-electron chi connectivity index (χ0n) is 27.6. The molecule has 15 heteroatoms. The number of H-pyrrole nitrogens is 1. The van der Waals surface area contributed by atoms with Crippen LogP contribution in [0.5, 0.6) is 0 Å². The molecule has 6 rings (SSSR count). The first kappa shape index (κ1) is 36.0. The fraction of sp³-hybridized carbons (Fsp3) is 0.562. The van der Waals surface area contributed by atoms with Crippen molar-refractivity contribution in [2.24, 2.45) is 0 Å². The van der Waals surface area contributed by atoms with E-state index in [9.17, 15) is 17.6 Å². The average Bonchev–Trinajstić information content (AvgIpc) is 3.52. The maximum absolute atomic E-state index is 13.2. The van der Waals surface area contributed by atoms with Gasteiger partial charge in [0.05, 0.1) is 11.4 Å². The molecule has 256 valence electrons. The summed E-state index contributed by atoms with van der Waals surface area (Å²) < 4.78 is 54.1. The zero-order chi connectivity index (χ0) is 34.4. The Bertz CT molecular complexity index is 1570. The third kappa shape index (κ3) is 11.4. The standard InChI is InChI=1S/C16H21F2N5.C11H14ClF2N3.C5H8N2/c1-10-9-14(20-13-4-6-16(17,18)7-5-13)21-15(19-10)23-12(3)8-11(2)22-23;1-7-6-9(17-10(12)15-7)16-8-2-4-11(13,14)5-3-8;1-4-3-5(2)7-6-4/h8-9,13H,4-7H2,1-3H3,(H,19,20,21);6,8H,2-5H2,1H3,(H,15,16,17);3H,1-2H3,(H,6,7). The molecule has 2 saturated carbocycles. The highest BCUT2D eigenvalue weighted by molar-refractivity contribution is 6.28. The first-order valence-electron chi connectivity index (χ1n) is 15.7. The monoisotopic (exact) mass is 678 g/mol. The van der Waals surface area contributed by atoms with Gasteiger partial charge in [-0.05, 0) is 91.0 Å². The van der Waals surface area contributed by atoms with Crippen LogP contribution in [0.25, 0.3) is 5.95 Å². The van der Waals surface area contributed by atoms with Crippen molar-refractivity contribution in [1.29, 1.82) is 0 Å². The third-order valence-corrected chi connectivity index (χ3v) is 8.01. The molecule has 4 aromatic heterocycles. The van der Waals surface area contributed by atoms with Crippen LogP contribution in [0.4, 0.5) is 29.2 Å². The molecule has 2 aliphatic rings. The van der Waals surface area contributed by atoms with Crippen LogP contribution in [0, 0.1) is 41.5 Å². The minimum absolute atomic E-state index is 0.0252. The van der Waals surface area contributed by atoms with E-state index in [-0.39, 0.29) is 43.1 Å². The van der Waals surface area contributed by atoms with E-state index in [1.807, 2.05) is 59.7 Å². The number of nitrogens with one attached hydrogen (secondary N) is 3. The number of anilines is 2. The summed E-state index contributed by atoms with van der Waals surface area (Å²) in [7, 11) is 0. The Morgan fingerprint density at radius 2 is 1.19 bits per heavy atom. The first-order chi connectivity index (χ1) is 22.1. The number of nitrogens with zero attached hydrogens (tertiary/aromatic N) is 7. The van der Waals surface area contributed by atoms with Crippen LogP contribution in [0.1, 0.15) is 85.5 Å². The number of alkyl halides is 4. The lowest BCUT2D eigenvalue weighted by atomic mass is 9.92. The van der Waals surface area contributed by atoms with Crippen LogP contribution in [-0.2, 0) is 0 Å². The van der Waals surface area contributed by atoms with E-state index in [4.69, 9.17) is 11.6 Å². The van der Waals surface area contributed by atoms with E-state index in [0.29, 0.717) is 43.3 Å². The van der Waals surface area contributed by atoms with Crippen LogP contribution in [-0.4, -0.2) is 63.8 Å². The predicted octanol–water partition coefficient (Wildman–Crippen LogP) is 8.03. The molecule has 0 saturated heterocycles. The van der Waals surface area contributed by atoms with Gasteiger partial charge in [0.25, 0.3) is 5.95 Å². The summed E-state index contributed by atoms with van der Waals surface area (Å²) >= 11 is 5.73. The lowest BCUT2D eigenvalue weighted by Crippen LogP contribution is -2.32. The van der Waals surface area contributed by atoms with Crippen molar-refractivity contribution >= 4 is 23.2 Å². The van der Waals surface area contributed by atoms with Crippen LogP contribution in [0.2, 0.25) is 5.28 Å². The number of rotatable bonds is 5. The van der Waals surface area contributed by atoms with Gasteiger partial charge in [-0.15, -0.1) is 0 Å². The van der Waals surface area contributed by atoms with Gasteiger partial charge in [0.2, 0.25) is 17.1 Å². The number of aromatic nitrogens is 8. The number of aryl methyl sites for hydroxylation is 6. The van der Waals surface area contributed by atoms with Crippen molar-refractivity contribution < 1.29 is 17.6 Å². The van der Waals surface area contributed by atoms with Crippen LogP contribution >= 0.6 is 11.6 Å². The number of hydrogen-bond donors (Lipinski definition) is 3. The van der Waals surface area contributed by atoms with Gasteiger partial charge in [-0.25, -0.2) is 37.2 Å².